The summed E-state index contributed by atoms with van der Waals surface area (Å²) in [6.45, 7) is 0.342. The van der Waals surface area contributed by atoms with Crippen LogP contribution in [0.3, 0.4) is 0 Å². The number of rotatable bonds is 5. The fraction of sp³-hybridized carbons (Fsp3) is 0.467. The van der Waals surface area contributed by atoms with E-state index >= 15 is 0 Å². The van der Waals surface area contributed by atoms with Gasteiger partial charge < -0.3 is 10.1 Å². The fourth-order valence-corrected chi connectivity index (χ4v) is 2.49. The number of carbonyl (C=O) groups excluding carboxylic acids is 2. The summed E-state index contributed by atoms with van der Waals surface area (Å²) in [4.78, 5) is 25.1. The molecule has 1 atom stereocenters. The summed E-state index contributed by atoms with van der Waals surface area (Å²) in [5.74, 6) is 0.580. The van der Waals surface area contributed by atoms with Crippen LogP contribution in [0.15, 0.2) is 24.3 Å². The van der Waals surface area contributed by atoms with Gasteiger partial charge in [0.25, 0.3) is 0 Å². The molecule has 20 heavy (non-hydrogen) atoms. The Morgan fingerprint density at radius 3 is 2.50 bits per heavy atom. The Morgan fingerprint density at radius 2 is 1.90 bits per heavy atom. The maximum atomic E-state index is 11.9. The van der Waals surface area contributed by atoms with Crippen LogP contribution in [0.2, 0.25) is 0 Å². The largest absolute Gasteiger partial charge is 0.496 e. The molecule has 108 valence electrons. The Bertz CT molecular complexity index is 486. The van der Waals surface area contributed by atoms with Gasteiger partial charge in [0, 0.05) is 24.9 Å². The number of piperidine rings is 1. The molecular weight excluding hydrogens is 256 g/mol. The third kappa shape index (κ3) is 2.99. The average Bonchev–Trinajstić information content (AvgIpc) is 2.47. The Labute approximate surface area is 118 Å². The first kappa shape index (κ1) is 14.5. The van der Waals surface area contributed by atoms with E-state index in [1.54, 1.807) is 7.11 Å². The van der Waals surface area contributed by atoms with Gasteiger partial charge in [-0.05, 0) is 19.5 Å². The van der Waals surface area contributed by atoms with E-state index in [4.69, 9.17) is 4.74 Å². The van der Waals surface area contributed by atoms with Gasteiger partial charge in [0.15, 0.2) is 0 Å². The summed E-state index contributed by atoms with van der Waals surface area (Å²) in [5, 5.41) is 3.16. The second-order valence-electron chi connectivity index (χ2n) is 4.83. The van der Waals surface area contributed by atoms with E-state index in [0.29, 0.717) is 25.8 Å². The molecule has 1 unspecified atom stereocenters. The molecule has 1 N–H and O–H groups in total. The maximum Gasteiger partial charge on any atom is 0.229 e. The Hall–Kier alpha value is -1.88. The van der Waals surface area contributed by atoms with E-state index in [1.165, 1.54) is 4.90 Å². The van der Waals surface area contributed by atoms with Crippen LogP contribution in [-0.4, -0.2) is 37.4 Å². The van der Waals surface area contributed by atoms with Crippen LogP contribution >= 0.6 is 0 Å². The number of benzene rings is 1. The summed E-state index contributed by atoms with van der Waals surface area (Å²) in [7, 11) is 3.43. The Balaban J connectivity index is 2.20. The Kier molecular flexibility index (Phi) is 4.74. The minimum atomic E-state index is -0.128. The molecule has 1 aromatic carbocycles. The maximum absolute atomic E-state index is 11.9. The number of hydrogen-bond donors (Lipinski definition) is 1. The number of nitrogens with zero attached hydrogens (tertiary/aromatic N) is 1. The normalized spacial score (nSPS) is 17.2. The number of methoxy groups -OCH3 is 1. The van der Waals surface area contributed by atoms with E-state index < -0.39 is 0 Å². The minimum Gasteiger partial charge on any atom is -0.496 e. The van der Waals surface area contributed by atoms with E-state index in [-0.39, 0.29) is 17.9 Å². The first-order chi connectivity index (χ1) is 9.67. The van der Waals surface area contributed by atoms with Crippen molar-refractivity contribution in [3.05, 3.63) is 29.8 Å². The highest BCUT2D eigenvalue weighted by molar-refractivity contribution is 5.97. The topological polar surface area (TPSA) is 58.6 Å². The van der Waals surface area contributed by atoms with Crippen molar-refractivity contribution in [2.75, 3.05) is 20.7 Å². The highest BCUT2D eigenvalue weighted by Gasteiger charge is 2.29. The highest BCUT2D eigenvalue weighted by atomic mass is 16.5. The lowest BCUT2D eigenvalue weighted by molar-refractivity contribution is -0.148. The Morgan fingerprint density at radius 1 is 1.25 bits per heavy atom. The molecule has 1 saturated heterocycles. The lowest BCUT2D eigenvalue weighted by Crippen LogP contribution is -2.44. The van der Waals surface area contributed by atoms with Crippen molar-refractivity contribution in [2.24, 2.45) is 0 Å². The molecule has 1 heterocycles. The van der Waals surface area contributed by atoms with Gasteiger partial charge in [-0.2, -0.15) is 0 Å². The van der Waals surface area contributed by atoms with Crippen LogP contribution in [0.5, 0.6) is 5.75 Å². The first-order valence-electron chi connectivity index (χ1n) is 6.80. The number of likely N-dealkylation sites (N-methyl/N-ethyl adjacent to an activating group) is 1. The molecular formula is C15H20N2O3. The molecule has 1 aliphatic heterocycles. The van der Waals surface area contributed by atoms with Crippen LogP contribution < -0.4 is 10.1 Å². The molecule has 1 aliphatic rings. The van der Waals surface area contributed by atoms with Crippen molar-refractivity contribution in [1.29, 1.82) is 0 Å². The SMILES string of the molecule is CNC(CN1C(=O)CCCC1=O)c1ccccc1OC. The molecule has 0 radical (unpaired) electrons. The summed E-state index contributed by atoms with van der Waals surface area (Å²) < 4.78 is 5.34. The van der Waals surface area contributed by atoms with Gasteiger partial charge in [-0.15, -0.1) is 0 Å². The van der Waals surface area contributed by atoms with Crippen molar-refractivity contribution in [3.63, 3.8) is 0 Å². The number of nitrogens with one attached hydrogen (secondary N) is 1. The van der Waals surface area contributed by atoms with Crippen LogP contribution in [0.1, 0.15) is 30.9 Å². The molecule has 0 spiro atoms. The monoisotopic (exact) mass is 276 g/mol. The average molecular weight is 276 g/mol. The molecule has 5 heteroatoms. The summed E-state index contributed by atoms with van der Waals surface area (Å²) in [5.41, 5.74) is 0.948. The zero-order valence-electron chi connectivity index (χ0n) is 11.9. The number of hydrogen-bond acceptors (Lipinski definition) is 4. The van der Waals surface area contributed by atoms with Crippen LogP contribution in [0, 0.1) is 0 Å². The molecule has 2 rings (SSSR count). The summed E-state index contributed by atoms with van der Waals surface area (Å²) in [6.07, 6.45) is 1.56. The zero-order valence-corrected chi connectivity index (χ0v) is 11.9. The van der Waals surface area contributed by atoms with Crippen LogP contribution in [0.25, 0.3) is 0 Å². The first-order valence-corrected chi connectivity index (χ1v) is 6.80. The molecule has 0 saturated carbocycles. The summed E-state index contributed by atoms with van der Waals surface area (Å²) in [6, 6.07) is 7.50. The van der Waals surface area contributed by atoms with Gasteiger partial charge in [0.2, 0.25) is 11.8 Å². The van der Waals surface area contributed by atoms with Crippen molar-refractivity contribution >= 4 is 11.8 Å². The molecule has 1 fully saturated rings. The van der Waals surface area contributed by atoms with Gasteiger partial charge >= 0.3 is 0 Å². The molecule has 0 bridgehead atoms. The van der Waals surface area contributed by atoms with Crippen molar-refractivity contribution in [3.8, 4) is 5.75 Å². The van der Waals surface area contributed by atoms with E-state index in [0.717, 1.165) is 11.3 Å². The molecule has 0 aromatic heterocycles. The van der Waals surface area contributed by atoms with Gasteiger partial charge in [-0.1, -0.05) is 18.2 Å². The standard InChI is InChI=1S/C15H20N2O3/c1-16-12(11-6-3-4-7-13(11)20-2)10-17-14(18)8-5-9-15(17)19/h3-4,6-7,12,16H,5,8-10H2,1-2H3. The van der Waals surface area contributed by atoms with Gasteiger partial charge in [0.1, 0.15) is 5.75 Å². The van der Waals surface area contributed by atoms with Gasteiger partial charge in [-0.25, -0.2) is 0 Å². The summed E-state index contributed by atoms with van der Waals surface area (Å²) >= 11 is 0. The van der Waals surface area contributed by atoms with Gasteiger partial charge in [0.05, 0.1) is 13.2 Å². The molecule has 2 amide bonds. The number of ether oxygens (including phenoxy) is 1. The minimum absolute atomic E-state index is 0.0867. The zero-order chi connectivity index (χ0) is 14.5. The quantitative estimate of drug-likeness (QED) is 0.828. The fourth-order valence-electron chi connectivity index (χ4n) is 2.49. The highest BCUT2D eigenvalue weighted by Crippen LogP contribution is 2.26. The lowest BCUT2D eigenvalue weighted by Gasteiger charge is -2.29. The number of likely N-dealkylation sites (tertiary alicyclic amines) is 1. The van der Waals surface area contributed by atoms with Crippen LogP contribution in [-0.2, 0) is 9.59 Å². The number of amides is 2. The molecule has 0 aliphatic carbocycles. The van der Waals surface area contributed by atoms with E-state index in [9.17, 15) is 9.59 Å². The number of para-hydroxylation sites is 1. The molecule has 5 nitrogen and oxygen atoms in total. The smallest absolute Gasteiger partial charge is 0.229 e. The second kappa shape index (κ2) is 6.52. The lowest BCUT2D eigenvalue weighted by atomic mass is 10.0. The predicted octanol–water partition coefficient (Wildman–Crippen LogP) is 1.49. The van der Waals surface area contributed by atoms with Crippen LogP contribution in [0.4, 0.5) is 0 Å². The van der Waals surface area contributed by atoms with Crippen molar-refractivity contribution in [2.45, 2.75) is 25.3 Å². The van der Waals surface area contributed by atoms with Crippen molar-refractivity contribution in [1.82, 2.24) is 10.2 Å². The van der Waals surface area contributed by atoms with Crippen molar-refractivity contribution < 1.29 is 14.3 Å². The third-order valence-electron chi connectivity index (χ3n) is 3.61. The third-order valence-corrected chi connectivity index (χ3v) is 3.61. The van der Waals surface area contributed by atoms with E-state index in [2.05, 4.69) is 5.32 Å². The molecule has 1 aromatic rings. The van der Waals surface area contributed by atoms with Gasteiger partial charge in [-0.3, -0.25) is 14.5 Å². The predicted molar refractivity (Wildman–Crippen MR) is 75.4 cm³/mol. The number of imide groups is 1. The number of carbonyl (C=O) groups is 2. The van der Waals surface area contributed by atoms with E-state index in [1.807, 2.05) is 31.3 Å². The second-order valence-corrected chi connectivity index (χ2v) is 4.83.